The minimum atomic E-state index is -0.162. The molecule has 0 radical (unpaired) electrons. The lowest BCUT2D eigenvalue weighted by atomic mass is 10.1. The number of Topliss-reactive ketones (excluding diaryl/α,β-unsaturated/α-hetero) is 1. The van der Waals surface area contributed by atoms with Gasteiger partial charge in [0.15, 0.2) is 0 Å². The van der Waals surface area contributed by atoms with E-state index in [4.69, 9.17) is 10.00 Å². The Bertz CT molecular complexity index is 432. The molecule has 1 atom stereocenters. The first-order valence-corrected chi connectivity index (χ1v) is 5.19. The Morgan fingerprint density at radius 3 is 2.81 bits per heavy atom. The molecule has 84 valence electrons. The van der Waals surface area contributed by atoms with Crippen LogP contribution in [0.15, 0.2) is 18.2 Å². The summed E-state index contributed by atoms with van der Waals surface area (Å²) in [6.45, 7) is 5.30. The molecular formula is C13H15NO2. The van der Waals surface area contributed by atoms with Crippen LogP contribution in [0.25, 0.3) is 0 Å². The van der Waals surface area contributed by atoms with Crippen LogP contribution in [0.1, 0.15) is 31.4 Å². The molecule has 1 aromatic rings. The van der Waals surface area contributed by atoms with Crippen LogP contribution in [0, 0.1) is 18.3 Å². The third-order valence-electron chi connectivity index (χ3n) is 2.22. The van der Waals surface area contributed by atoms with Gasteiger partial charge in [0.25, 0.3) is 0 Å². The molecule has 0 fully saturated rings. The number of carbonyl (C=O) groups excluding carboxylic acids is 1. The van der Waals surface area contributed by atoms with Crippen molar-refractivity contribution in [3.8, 4) is 11.8 Å². The standard InChI is InChI=1S/C13H15NO2/c1-9-4-5-12(8-14)7-13(9)16-11(3)6-10(2)15/h4-5,7,11H,6H2,1-3H3. The van der Waals surface area contributed by atoms with E-state index in [1.165, 1.54) is 0 Å². The zero-order chi connectivity index (χ0) is 12.1. The number of aryl methyl sites for hydroxylation is 1. The van der Waals surface area contributed by atoms with Gasteiger partial charge in [-0.1, -0.05) is 6.07 Å². The van der Waals surface area contributed by atoms with Crippen molar-refractivity contribution in [2.24, 2.45) is 0 Å². The second-order valence-electron chi connectivity index (χ2n) is 3.93. The highest BCUT2D eigenvalue weighted by Gasteiger charge is 2.09. The molecule has 0 saturated carbocycles. The molecule has 1 rings (SSSR count). The fraction of sp³-hybridized carbons (Fsp3) is 0.385. The molecule has 3 heteroatoms. The second kappa shape index (κ2) is 5.32. The number of benzene rings is 1. The number of nitriles is 1. The van der Waals surface area contributed by atoms with E-state index in [0.717, 1.165) is 5.56 Å². The zero-order valence-electron chi connectivity index (χ0n) is 9.78. The summed E-state index contributed by atoms with van der Waals surface area (Å²) in [6, 6.07) is 7.35. The van der Waals surface area contributed by atoms with Crippen molar-refractivity contribution in [3.05, 3.63) is 29.3 Å². The smallest absolute Gasteiger partial charge is 0.133 e. The van der Waals surface area contributed by atoms with Crippen molar-refractivity contribution in [2.45, 2.75) is 33.3 Å². The van der Waals surface area contributed by atoms with Gasteiger partial charge in [0.05, 0.1) is 11.6 Å². The van der Waals surface area contributed by atoms with Crippen LogP contribution in [0.2, 0.25) is 0 Å². The predicted octanol–water partition coefficient (Wildman–Crippen LogP) is 2.61. The lowest BCUT2D eigenvalue weighted by Gasteiger charge is -2.15. The molecule has 0 bridgehead atoms. The van der Waals surface area contributed by atoms with Gasteiger partial charge in [0.1, 0.15) is 17.6 Å². The second-order valence-corrected chi connectivity index (χ2v) is 3.93. The molecule has 3 nitrogen and oxygen atoms in total. The van der Waals surface area contributed by atoms with Gasteiger partial charge in [0.2, 0.25) is 0 Å². The highest BCUT2D eigenvalue weighted by Crippen LogP contribution is 2.21. The zero-order valence-corrected chi connectivity index (χ0v) is 9.78. The predicted molar refractivity (Wildman–Crippen MR) is 61.3 cm³/mol. The third-order valence-corrected chi connectivity index (χ3v) is 2.22. The van der Waals surface area contributed by atoms with Crippen molar-refractivity contribution >= 4 is 5.78 Å². The van der Waals surface area contributed by atoms with E-state index in [1.807, 2.05) is 19.9 Å². The molecule has 0 saturated heterocycles. The van der Waals surface area contributed by atoms with Gasteiger partial charge in [-0.2, -0.15) is 5.26 Å². The molecule has 0 amide bonds. The Kier molecular flexibility index (Phi) is 4.07. The van der Waals surface area contributed by atoms with Crippen LogP contribution in [0.3, 0.4) is 0 Å². The van der Waals surface area contributed by atoms with Gasteiger partial charge in [-0.25, -0.2) is 0 Å². The van der Waals surface area contributed by atoms with Crippen LogP contribution in [0.5, 0.6) is 5.75 Å². The molecule has 0 aliphatic carbocycles. The van der Waals surface area contributed by atoms with Crippen molar-refractivity contribution in [2.75, 3.05) is 0 Å². The highest BCUT2D eigenvalue weighted by atomic mass is 16.5. The van der Waals surface area contributed by atoms with Crippen molar-refractivity contribution in [1.82, 2.24) is 0 Å². The molecule has 0 aliphatic heterocycles. The van der Waals surface area contributed by atoms with Crippen LogP contribution < -0.4 is 4.74 Å². The third kappa shape index (κ3) is 3.39. The summed E-state index contributed by atoms with van der Waals surface area (Å²) in [5, 5.41) is 8.77. The van der Waals surface area contributed by atoms with E-state index in [0.29, 0.717) is 17.7 Å². The van der Waals surface area contributed by atoms with Gasteiger partial charge < -0.3 is 4.74 Å². The molecule has 1 aromatic carbocycles. The first kappa shape index (κ1) is 12.3. The van der Waals surface area contributed by atoms with E-state index < -0.39 is 0 Å². The minimum absolute atomic E-state index is 0.0987. The lowest BCUT2D eigenvalue weighted by molar-refractivity contribution is -0.118. The number of rotatable bonds is 4. The molecule has 16 heavy (non-hydrogen) atoms. The largest absolute Gasteiger partial charge is 0.490 e. The molecule has 0 spiro atoms. The van der Waals surface area contributed by atoms with Gasteiger partial charge in [-0.05, 0) is 38.5 Å². The van der Waals surface area contributed by atoms with E-state index in [-0.39, 0.29) is 11.9 Å². The Morgan fingerprint density at radius 1 is 1.56 bits per heavy atom. The fourth-order valence-electron chi connectivity index (χ4n) is 1.46. The Balaban J connectivity index is 2.80. The van der Waals surface area contributed by atoms with Crippen LogP contribution in [-0.2, 0) is 4.79 Å². The minimum Gasteiger partial charge on any atom is -0.490 e. The number of hydrogen-bond acceptors (Lipinski definition) is 3. The summed E-state index contributed by atoms with van der Waals surface area (Å²) < 4.78 is 5.63. The van der Waals surface area contributed by atoms with E-state index in [1.54, 1.807) is 19.1 Å². The quantitative estimate of drug-likeness (QED) is 0.778. The van der Waals surface area contributed by atoms with Gasteiger partial charge in [0, 0.05) is 6.42 Å². The summed E-state index contributed by atoms with van der Waals surface area (Å²) in [7, 11) is 0. The average molecular weight is 217 g/mol. The topological polar surface area (TPSA) is 50.1 Å². The highest BCUT2D eigenvalue weighted by molar-refractivity contribution is 5.75. The van der Waals surface area contributed by atoms with Crippen LogP contribution in [-0.4, -0.2) is 11.9 Å². The average Bonchev–Trinajstić information content (AvgIpc) is 2.20. The van der Waals surface area contributed by atoms with Crippen molar-refractivity contribution in [1.29, 1.82) is 5.26 Å². The molecule has 0 aliphatic rings. The maximum Gasteiger partial charge on any atom is 0.133 e. The first-order chi connectivity index (χ1) is 7.52. The summed E-state index contributed by atoms with van der Waals surface area (Å²) in [5.41, 5.74) is 1.53. The van der Waals surface area contributed by atoms with Crippen LogP contribution in [0.4, 0.5) is 0 Å². The summed E-state index contributed by atoms with van der Waals surface area (Å²) in [4.78, 5) is 10.9. The Labute approximate surface area is 95.7 Å². The molecule has 0 heterocycles. The Hall–Kier alpha value is -1.82. The number of ether oxygens (including phenoxy) is 1. The Morgan fingerprint density at radius 2 is 2.25 bits per heavy atom. The van der Waals surface area contributed by atoms with Crippen LogP contribution >= 0.6 is 0 Å². The molecule has 0 aromatic heterocycles. The summed E-state index contributed by atoms with van der Waals surface area (Å²) >= 11 is 0. The number of carbonyl (C=O) groups is 1. The summed E-state index contributed by atoms with van der Waals surface area (Å²) in [5.74, 6) is 0.773. The molecule has 0 N–H and O–H groups in total. The molecular weight excluding hydrogens is 202 g/mol. The van der Waals surface area contributed by atoms with Crippen molar-refractivity contribution in [3.63, 3.8) is 0 Å². The van der Waals surface area contributed by atoms with Gasteiger partial charge in [-0.15, -0.1) is 0 Å². The normalized spacial score (nSPS) is 11.6. The van der Waals surface area contributed by atoms with Gasteiger partial charge >= 0.3 is 0 Å². The van der Waals surface area contributed by atoms with E-state index >= 15 is 0 Å². The van der Waals surface area contributed by atoms with E-state index in [9.17, 15) is 4.79 Å². The molecule has 1 unspecified atom stereocenters. The summed E-state index contributed by atoms with van der Waals surface area (Å²) in [6.07, 6.45) is 0.223. The SMILES string of the molecule is CC(=O)CC(C)Oc1cc(C#N)ccc1C. The van der Waals surface area contributed by atoms with Gasteiger partial charge in [-0.3, -0.25) is 4.79 Å². The monoisotopic (exact) mass is 217 g/mol. The number of nitrogens with zero attached hydrogens (tertiary/aromatic N) is 1. The van der Waals surface area contributed by atoms with E-state index in [2.05, 4.69) is 6.07 Å². The van der Waals surface area contributed by atoms with Crippen molar-refractivity contribution < 1.29 is 9.53 Å². The maximum absolute atomic E-state index is 10.9. The number of ketones is 1. The lowest BCUT2D eigenvalue weighted by Crippen LogP contribution is -2.15. The number of hydrogen-bond donors (Lipinski definition) is 0. The first-order valence-electron chi connectivity index (χ1n) is 5.19. The fourth-order valence-corrected chi connectivity index (χ4v) is 1.46. The maximum atomic E-state index is 10.9.